The minimum absolute atomic E-state index is 0.0122. The molecule has 0 aliphatic carbocycles. The molecule has 5 rings (SSSR count). The van der Waals surface area contributed by atoms with E-state index in [1.54, 1.807) is 0 Å². The van der Waals surface area contributed by atoms with Crippen LogP contribution in [0.3, 0.4) is 0 Å². The van der Waals surface area contributed by atoms with Crippen molar-refractivity contribution >= 4 is 16.7 Å². The molecule has 3 atom stereocenters. The van der Waals surface area contributed by atoms with Gasteiger partial charge in [0.2, 0.25) is 0 Å². The molecule has 0 saturated carbocycles. The highest BCUT2D eigenvalue weighted by atomic mass is 16.3. The minimum Gasteiger partial charge on any atom is -0.393 e. The zero-order chi connectivity index (χ0) is 22.4. The Balaban J connectivity index is 1.49. The van der Waals surface area contributed by atoms with Crippen molar-refractivity contribution in [1.29, 1.82) is 0 Å². The Bertz CT molecular complexity index is 1100. The first-order valence-electron chi connectivity index (χ1n) is 11.7. The highest BCUT2D eigenvalue weighted by molar-refractivity contribution is 5.89. The molecule has 0 spiro atoms. The van der Waals surface area contributed by atoms with Gasteiger partial charge in [-0.2, -0.15) is 0 Å². The summed E-state index contributed by atoms with van der Waals surface area (Å²) in [5, 5.41) is 10.8. The highest BCUT2D eigenvalue weighted by Gasteiger charge is 2.37. The standard InChI is InChI=1S/C25H34N6O/c1-16-8-9-26-23(17(16)2)21-14-18(32)15-22(30(21)4)25-27-19-6-5-7-20(24(19)28-25)31-12-10-29(3)11-13-31/h5-9,18,21-22,32H,10-15H2,1-4H3,(H,27,28). The number of anilines is 1. The molecule has 32 heavy (non-hydrogen) atoms. The third kappa shape index (κ3) is 3.78. The van der Waals surface area contributed by atoms with E-state index in [2.05, 4.69) is 71.9 Å². The third-order valence-corrected chi connectivity index (χ3v) is 7.47. The Morgan fingerprint density at radius 1 is 1.00 bits per heavy atom. The number of nitrogens with zero attached hydrogens (tertiary/aromatic N) is 5. The number of hydrogen-bond acceptors (Lipinski definition) is 6. The van der Waals surface area contributed by atoms with Crippen LogP contribution < -0.4 is 4.90 Å². The molecule has 0 radical (unpaired) electrons. The lowest BCUT2D eigenvalue weighted by molar-refractivity contribution is 0.00960. The van der Waals surface area contributed by atoms with Gasteiger partial charge in [-0.15, -0.1) is 0 Å². The number of para-hydroxylation sites is 1. The van der Waals surface area contributed by atoms with Gasteiger partial charge in [0.25, 0.3) is 0 Å². The molecule has 3 aromatic rings. The van der Waals surface area contributed by atoms with E-state index in [4.69, 9.17) is 9.97 Å². The van der Waals surface area contributed by atoms with Gasteiger partial charge in [-0.3, -0.25) is 9.88 Å². The number of piperidine rings is 1. The second kappa shape index (κ2) is 8.46. The van der Waals surface area contributed by atoms with Crippen LogP contribution in [0.15, 0.2) is 30.5 Å². The highest BCUT2D eigenvalue weighted by Crippen LogP contribution is 2.41. The van der Waals surface area contributed by atoms with E-state index in [1.165, 1.54) is 16.8 Å². The summed E-state index contributed by atoms with van der Waals surface area (Å²) in [6.07, 6.45) is 2.86. The van der Waals surface area contributed by atoms with Gasteiger partial charge < -0.3 is 19.9 Å². The number of pyridine rings is 1. The summed E-state index contributed by atoms with van der Waals surface area (Å²) >= 11 is 0. The number of aliphatic hydroxyl groups excluding tert-OH is 1. The monoisotopic (exact) mass is 434 g/mol. The first-order chi connectivity index (χ1) is 15.4. The fraction of sp³-hybridized carbons (Fsp3) is 0.520. The quantitative estimate of drug-likeness (QED) is 0.660. The van der Waals surface area contributed by atoms with E-state index < -0.39 is 0 Å². The number of likely N-dealkylation sites (tertiary alicyclic amines) is 1. The maximum atomic E-state index is 10.8. The van der Waals surface area contributed by atoms with Crippen molar-refractivity contribution in [2.75, 3.05) is 45.2 Å². The van der Waals surface area contributed by atoms with E-state index in [9.17, 15) is 5.11 Å². The number of likely N-dealkylation sites (N-methyl/N-ethyl adjacent to an activating group) is 1. The number of aliphatic hydroxyl groups is 1. The molecule has 2 saturated heterocycles. The van der Waals surface area contributed by atoms with Gasteiger partial charge in [-0.05, 0) is 70.1 Å². The van der Waals surface area contributed by atoms with Crippen LogP contribution in [-0.2, 0) is 0 Å². The molecule has 4 heterocycles. The van der Waals surface area contributed by atoms with Gasteiger partial charge in [0, 0.05) is 32.4 Å². The van der Waals surface area contributed by atoms with Gasteiger partial charge in [-0.25, -0.2) is 4.98 Å². The molecular weight excluding hydrogens is 400 g/mol. The van der Waals surface area contributed by atoms with Crippen LogP contribution in [-0.4, -0.2) is 76.2 Å². The maximum absolute atomic E-state index is 10.8. The zero-order valence-corrected chi connectivity index (χ0v) is 19.5. The Hall–Kier alpha value is -2.48. The maximum Gasteiger partial charge on any atom is 0.124 e. The lowest BCUT2D eigenvalue weighted by Crippen LogP contribution is -2.44. The molecule has 2 aliphatic rings. The number of aryl methyl sites for hydroxylation is 1. The average Bonchev–Trinajstić information content (AvgIpc) is 3.22. The second-order valence-corrected chi connectivity index (χ2v) is 9.55. The van der Waals surface area contributed by atoms with E-state index in [-0.39, 0.29) is 18.2 Å². The first-order valence-corrected chi connectivity index (χ1v) is 11.7. The van der Waals surface area contributed by atoms with E-state index >= 15 is 0 Å². The first kappa shape index (κ1) is 21.4. The SMILES string of the molecule is Cc1ccnc(C2CC(O)CC(c3nc4c(N5CCN(C)CC5)cccc4[nH]3)N2C)c1C. The van der Waals surface area contributed by atoms with Crippen molar-refractivity contribution in [2.45, 2.75) is 44.9 Å². The van der Waals surface area contributed by atoms with Gasteiger partial charge >= 0.3 is 0 Å². The molecule has 2 aliphatic heterocycles. The number of aromatic nitrogens is 3. The summed E-state index contributed by atoms with van der Waals surface area (Å²) in [6.45, 7) is 8.41. The number of fused-ring (bicyclic) bond motifs is 1. The Labute approximate surface area is 190 Å². The van der Waals surface area contributed by atoms with Crippen LogP contribution in [0.2, 0.25) is 0 Å². The third-order valence-electron chi connectivity index (χ3n) is 7.47. The summed E-state index contributed by atoms with van der Waals surface area (Å²) < 4.78 is 0. The van der Waals surface area contributed by atoms with Crippen molar-refractivity contribution in [3.63, 3.8) is 0 Å². The van der Waals surface area contributed by atoms with Crippen LogP contribution in [0, 0.1) is 13.8 Å². The molecule has 0 bridgehead atoms. The van der Waals surface area contributed by atoms with Gasteiger partial charge in [-0.1, -0.05) is 6.07 Å². The fourth-order valence-electron chi connectivity index (χ4n) is 5.26. The number of piperazine rings is 1. The number of benzene rings is 1. The van der Waals surface area contributed by atoms with Crippen molar-refractivity contribution < 1.29 is 5.11 Å². The van der Waals surface area contributed by atoms with Crippen LogP contribution >= 0.6 is 0 Å². The van der Waals surface area contributed by atoms with E-state index in [0.29, 0.717) is 12.8 Å². The smallest absolute Gasteiger partial charge is 0.124 e. The lowest BCUT2D eigenvalue weighted by atomic mass is 9.89. The number of imidazole rings is 1. The molecule has 7 nitrogen and oxygen atoms in total. The molecule has 7 heteroatoms. The second-order valence-electron chi connectivity index (χ2n) is 9.55. The molecule has 170 valence electrons. The number of nitrogens with one attached hydrogen (secondary N) is 1. The molecule has 2 fully saturated rings. The topological polar surface area (TPSA) is 71.5 Å². The molecule has 1 aromatic carbocycles. The molecule has 2 N–H and O–H groups in total. The van der Waals surface area contributed by atoms with Gasteiger partial charge in [0.05, 0.1) is 35.1 Å². The average molecular weight is 435 g/mol. The zero-order valence-electron chi connectivity index (χ0n) is 19.5. The number of aromatic amines is 1. The Kier molecular flexibility index (Phi) is 5.65. The van der Waals surface area contributed by atoms with Crippen LogP contribution in [0.1, 0.15) is 47.6 Å². The van der Waals surface area contributed by atoms with Crippen molar-refractivity contribution in [3.8, 4) is 0 Å². The van der Waals surface area contributed by atoms with Crippen molar-refractivity contribution in [2.24, 2.45) is 0 Å². The van der Waals surface area contributed by atoms with Gasteiger partial charge in [0.1, 0.15) is 11.3 Å². The molecule has 0 amide bonds. The van der Waals surface area contributed by atoms with Crippen LogP contribution in [0.25, 0.3) is 11.0 Å². The van der Waals surface area contributed by atoms with E-state index in [1.807, 2.05) is 6.20 Å². The summed E-state index contributed by atoms with van der Waals surface area (Å²) in [6, 6.07) is 8.52. The van der Waals surface area contributed by atoms with Crippen LogP contribution in [0.4, 0.5) is 5.69 Å². The normalized spacial score (nSPS) is 25.5. The Morgan fingerprint density at radius 3 is 2.53 bits per heavy atom. The van der Waals surface area contributed by atoms with E-state index in [0.717, 1.165) is 48.7 Å². The largest absolute Gasteiger partial charge is 0.393 e. The summed E-state index contributed by atoms with van der Waals surface area (Å²) in [5.74, 6) is 0.929. The Morgan fingerprint density at radius 2 is 1.75 bits per heavy atom. The minimum atomic E-state index is -0.381. The van der Waals surface area contributed by atoms with Crippen molar-refractivity contribution in [1.82, 2.24) is 24.8 Å². The molecule has 3 unspecified atom stereocenters. The number of H-pyrrole nitrogens is 1. The van der Waals surface area contributed by atoms with Crippen molar-refractivity contribution in [3.05, 3.63) is 53.1 Å². The van der Waals surface area contributed by atoms with Gasteiger partial charge in [0.15, 0.2) is 0 Å². The summed E-state index contributed by atoms with van der Waals surface area (Å²) in [4.78, 5) is 20.5. The number of rotatable bonds is 3. The predicted molar refractivity (Wildman–Crippen MR) is 128 cm³/mol. The molecule has 2 aromatic heterocycles. The number of hydrogen-bond donors (Lipinski definition) is 2. The predicted octanol–water partition coefficient (Wildman–Crippen LogP) is 3.20. The lowest BCUT2D eigenvalue weighted by Gasteiger charge is -2.41. The summed E-state index contributed by atoms with van der Waals surface area (Å²) in [5.41, 5.74) is 6.79. The van der Waals surface area contributed by atoms with Crippen LogP contribution in [0.5, 0.6) is 0 Å². The summed E-state index contributed by atoms with van der Waals surface area (Å²) in [7, 11) is 4.31. The fourth-order valence-corrected chi connectivity index (χ4v) is 5.26. The molecular formula is C25H34N6O.